The van der Waals surface area contributed by atoms with Crippen molar-refractivity contribution in [3.63, 3.8) is 0 Å². The Labute approximate surface area is 121 Å². The van der Waals surface area contributed by atoms with Gasteiger partial charge in [-0.3, -0.25) is 9.69 Å². The number of hydrogen-bond acceptors (Lipinski definition) is 4. The molecule has 1 aliphatic heterocycles. The summed E-state index contributed by atoms with van der Waals surface area (Å²) in [6.45, 7) is 8.91. The predicted molar refractivity (Wildman–Crippen MR) is 77.1 cm³/mol. The van der Waals surface area contributed by atoms with Gasteiger partial charge >= 0.3 is 5.97 Å². The van der Waals surface area contributed by atoms with Crippen LogP contribution >= 0.6 is 0 Å². The van der Waals surface area contributed by atoms with E-state index < -0.39 is 5.41 Å². The summed E-state index contributed by atoms with van der Waals surface area (Å²) in [6, 6.07) is 3.88. The second-order valence-electron chi connectivity index (χ2n) is 6.53. The zero-order valence-electron chi connectivity index (χ0n) is 12.8. The summed E-state index contributed by atoms with van der Waals surface area (Å²) in [4.78, 5) is 14.1. The number of hydrogen-bond donors (Lipinski definition) is 0. The van der Waals surface area contributed by atoms with E-state index in [9.17, 15) is 4.79 Å². The molecule has 0 unspecified atom stereocenters. The second kappa shape index (κ2) is 6.44. The normalized spacial score (nSPS) is 17.1. The maximum Gasteiger partial charge on any atom is 0.311 e. The van der Waals surface area contributed by atoms with E-state index in [0.29, 0.717) is 0 Å². The second-order valence-corrected chi connectivity index (χ2v) is 6.53. The van der Waals surface area contributed by atoms with Crippen molar-refractivity contribution in [2.75, 3.05) is 13.1 Å². The predicted octanol–water partition coefficient (Wildman–Crippen LogP) is 3.35. The Balaban J connectivity index is 1.81. The molecule has 1 saturated heterocycles. The highest BCUT2D eigenvalue weighted by atomic mass is 16.5. The van der Waals surface area contributed by atoms with Gasteiger partial charge in [-0.15, -0.1) is 0 Å². The van der Waals surface area contributed by atoms with Crippen LogP contribution in [0.3, 0.4) is 0 Å². The van der Waals surface area contributed by atoms with Crippen molar-refractivity contribution in [2.24, 2.45) is 5.41 Å². The lowest BCUT2D eigenvalue weighted by Gasteiger charge is -2.25. The van der Waals surface area contributed by atoms with Crippen LogP contribution in [-0.4, -0.2) is 24.0 Å². The molecule has 0 amide bonds. The molecule has 1 fully saturated rings. The molecule has 0 aromatic carbocycles. The minimum absolute atomic E-state index is 0.202. The van der Waals surface area contributed by atoms with E-state index in [4.69, 9.17) is 9.15 Å². The van der Waals surface area contributed by atoms with Crippen molar-refractivity contribution in [2.45, 2.75) is 53.2 Å². The zero-order valence-corrected chi connectivity index (χ0v) is 12.8. The van der Waals surface area contributed by atoms with E-state index in [1.165, 1.54) is 19.3 Å². The lowest BCUT2D eigenvalue weighted by atomic mass is 9.97. The summed E-state index contributed by atoms with van der Waals surface area (Å²) in [6.07, 6.45) is 3.89. The van der Waals surface area contributed by atoms with Crippen molar-refractivity contribution in [1.82, 2.24) is 4.90 Å². The summed E-state index contributed by atoms with van der Waals surface area (Å²) in [5.74, 6) is 1.47. The van der Waals surface area contributed by atoms with Crippen LogP contribution < -0.4 is 0 Å². The molecular weight excluding hydrogens is 254 g/mol. The lowest BCUT2D eigenvalue weighted by molar-refractivity contribution is -0.154. The number of nitrogens with zero attached hydrogens (tertiary/aromatic N) is 1. The first-order valence-electron chi connectivity index (χ1n) is 7.42. The Bertz CT molecular complexity index is 439. The van der Waals surface area contributed by atoms with Gasteiger partial charge in [-0.25, -0.2) is 0 Å². The fourth-order valence-electron chi connectivity index (χ4n) is 2.28. The first kappa shape index (κ1) is 15.1. The number of esters is 1. The lowest BCUT2D eigenvalue weighted by Crippen LogP contribution is -2.28. The van der Waals surface area contributed by atoms with Crippen molar-refractivity contribution in [3.05, 3.63) is 23.7 Å². The topological polar surface area (TPSA) is 42.7 Å². The highest BCUT2D eigenvalue weighted by molar-refractivity contribution is 5.75. The van der Waals surface area contributed by atoms with E-state index in [-0.39, 0.29) is 12.6 Å². The van der Waals surface area contributed by atoms with Gasteiger partial charge in [0.25, 0.3) is 0 Å². The van der Waals surface area contributed by atoms with E-state index in [1.807, 2.05) is 32.9 Å². The third-order valence-electron chi connectivity index (χ3n) is 3.50. The number of carbonyl (C=O) groups is 1. The van der Waals surface area contributed by atoms with E-state index >= 15 is 0 Å². The number of carbonyl (C=O) groups excluding carboxylic acids is 1. The highest BCUT2D eigenvalue weighted by Gasteiger charge is 2.23. The smallest absolute Gasteiger partial charge is 0.311 e. The maximum atomic E-state index is 11.7. The summed E-state index contributed by atoms with van der Waals surface area (Å²) in [7, 11) is 0. The van der Waals surface area contributed by atoms with Gasteiger partial charge in [0.05, 0.1) is 12.0 Å². The van der Waals surface area contributed by atoms with E-state index in [1.54, 1.807) is 0 Å². The molecule has 0 radical (unpaired) electrons. The number of piperidine rings is 1. The third-order valence-corrected chi connectivity index (χ3v) is 3.50. The molecule has 1 aromatic rings. The average molecular weight is 279 g/mol. The molecule has 4 heteroatoms. The van der Waals surface area contributed by atoms with Gasteiger partial charge in [0, 0.05) is 0 Å². The molecule has 20 heavy (non-hydrogen) atoms. The van der Waals surface area contributed by atoms with Gasteiger partial charge < -0.3 is 9.15 Å². The maximum absolute atomic E-state index is 11.7. The Morgan fingerprint density at radius 1 is 1.20 bits per heavy atom. The Morgan fingerprint density at radius 3 is 2.50 bits per heavy atom. The monoisotopic (exact) mass is 279 g/mol. The van der Waals surface area contributed by atoms with Crippen molar-refractivity contribution in [1.29, 1.82) is 0 Å². The van der Waals surface area contributed by atoms with Crippen LogP contribution in [-0.2, 0) is 22.7 Å². The fraction of sp³-hybridized carbons (Fsp3) is 0.688. The fourth-order valence-corrected chi connectivity index (χ4v) is 2.28. The first-order chi connectivity index (χ1) is 9.45. The molecule has 1 aliphatic rings. The molecule has 0 N–H and O–H groups in total. The molecule has 0 bridgehead atoms. The van der Waals surface area contributed by atoms with Crippen LogP contribution in [0.5, 0.6) is 0 Å². The van der Waals surface area contributed by atoms with E-state index in [0.717, 1.165) is 31.2 Å². The number of ether oxygens (including phenoxy) is 1. The first-order valence-corrected chi connectivity index (χ1v) is 7.42. The molecule has 4 nitrogen and oxygen atoms in total. The Kier molecular flexibility index (Phi) is 4.86. The minimum Gasteiger partial charge on any atom is -0.461 e. The van der Waals surface area contributed by atoms with Gasteiger partial charge in [0.1, 0.15) is 18.1 Å². The quantitative estimate of drug-likeness (QED) is 0.793. The molecule has 112 valence electrons. The van der Waals surface area contributed by atoms with Crippen LogP contribution in [0.15, 0.2) is 16.5 Å². The molecule has 2 rings (SSSR count). The minimum atomic E-state index is -0.469. The van der Waals surface area contributed by atoms with Gasteiger partial charge in [-0.1, -0.05) is 6.42 Å². The molecular formula is C16H25NO3. The van der Waals surface area contributed by atoms with Crippen LogP contribution in [0.4, 0.5) is 0 Å². The largest absolute Gasteiger partial charge is 0.461 e. The summed E-state index contributed by atoms with van der Waals surface area (Å²) in [5.41, 5.74) is -0.469. The molecule has 0 aliphatic carbocycles. The summed E-state index contributed by atoms with van der Waals surface area (Å²) >= 11 is 0. The number of rotatable bonds is 4. The summed E-state index contributed by atoms with van der Waals surface area (Å²) < 4.78 is 11.0. The molecule has 2 heterocycles. The van der Waals surface area contributed by atoms with Gasteiger partial charge in [-0.2, -0.15) is 0 Å². The van der Waals surface area contributed by atoms with Gasteiger partial charge in [0.15, 0.2) is 0 Å². The molecule has 0 atom stereocenters. The molecule has 0 saturated carbocycles. The SMILES string of the molecule is CC(C)(C)C(=O)OCc1ccc(CN2CCCCC2)o1. The van der Waals surface area contributed by atoms with Crippen molar-refractivity contribution >= 4 is 5.97 Å². The third kappa shape index (κ3) is 4.37. The highest BCUT2D eigenvalue weighted by Crippen LogP contribution is 2.18. The zero-order chi connectivity index (χ0) is 14.6. The van der Waals surface area contributed by atoms with Crippen molar-refractivity contribution < 1.29 is 13.9 Å². The van der Waals surface area contributed by atoms with Crippen LogP contribution in [0, 0.1) is 5.41 Å². The van der Waals surface area contributed by atoms with E-state index in [2.05, 4.69) is 4.90 Å². The molecule has 0 spiro atoms. The van der Waals surface area contributed by atoms with Gasteiger partial charge in [0.2, 0.25) is 0 Å². The van der Waals surface area contributed by atoms with Crippen LogP contribution in [0.2, 0.25) is 0 Å². The van der Waals surface area contributed by atoms with Crippen LogP contribution in [0.1, 0.15) is 51.6 Å². The van der Waals surface area contributed by atoms with Crippen LogP contribution in [0.25, 0.3) is 0 Å². The number of likely N-dealkylation sites (tertiary alicyclic amines) is 1. The Morgan fingerprint density at radius 2 is 1.85 bits per heavy atom. The Hall–Kier alpha value is -1.29. The summed E-state index contributed by atoms with van der Waals surface area (Å²) in [5, 5.41) is 0. The number of furan rings is 1. The molecule has 1 aromatic heterocycles. The van der Waals surface area contributed by atoms with Gasteiger partial charge in [-0.05, 0) is 58.8 Å². The van der Waals surface area contributed by atoms with Crippen molar-refractivity contribution in [3.8, 4) is 0 Å². The average Bonchev–Trinajstić information content (AvgIpc) is 2.83. The standard InChI is InChI=1S/C16H25NO3/c1-16(2,3)15(18)19-12-14-8-7-13(20-14)11-17-9-5-4-6-10-17/h7-8H,4-6,9-12H2,1-3H3.